The molecule has 0 atom stereocenters. The van der Waals surface area contributed by atoms with E-state index in [4.69, 9.17) is 10.5 Å². The van der Waals surface area contributed by atoms with E-state index in [1.165, 1.54) is 29.3 Å². The Morgan fingerprint density at radius 1 is 1.61 bits per heavy atom. The van der Waals surface area contributed by atoms with Gasteiger partial charge in [0.1, 0.15) is 5.69 Å². The zero-order valence-corrected chi connectivity index (χ0v) is 11.0. The maximum Gasteiger partial charge on any atom is 0.234 e. The van der Waals surface area contributed by atoms with Crippen molar-refractivity contribution in [2.75, 3.05) is 13.7 Å². The Kier molecular flexibility index (Phi) is 3.73. The molecule has 7 heteroatoms. The molecule has 0 unspecified atom stereocenters. The molecule has 0 aliphatic carbocycles. The quantitative estimate of drug-likeness (QED) is 0.802. The lowest BCUT2D eigenvalue weighted by Crippen LogP contribution is -2.10. The van der Waals surface area contributed by atoms with Gasteiger partial charge in [-0.3, -0.25) is 9.48 Å². The molecule has 2 rings (SSSR count). The molecule has 0 amide bonds. The number of aryl methyl sites for hydroxylation is 1. The van der Waals surface area contributed by atoms with Gasteiger partial charge in [-0.1, -0.05) is 0 Å². The summed E-state index contributed by atoms with van der Waals surface area (Å²) in [7, 11) is 3.21. The van der Waals surface area contributed by atoms with Crippen LogP contribution in [0.3, 0.4) is 0 Å². The van der Waals surface area contributed by atoms with Gasteiger partial charge in [-0.05, 0) is 6.54 Å². The van der Waals surface area contributed by atoms with Crippen LogP contribution in [0.4, 0.5) is 0 Å². The second-order valence-electron chi connectivity index (χ2n) is 3.68. The molecule has 0 aromatic carbocycles. The molecule has 0 bridgehead atoms. The number of hydrogen-bond donors (Lipinski definition) is 1. The summed E-state index contributed by atoms with van der Waals surface area (Å²) in [5.41, 5.74) is 6.27. The molecule has 0 saturated carbocycles. The van der Waals surface area contributed by atoms with Gasteiger partial charge < -0.3 is 10.5 Å². The second kappa shape index (κ2) is 5.28. The number of rotatable bonds is 5. The number of methoxy groups -OCH3 is 1. The topological polar surface area (TPSA) is 83.0 Å². The Hall–Kier alpha value is -1.73. The molecule has 6 nitrogen and oxygen atoms in total. The lowest BCUT2D eigenvalue weighted by Gasteiger charge is -2.01. The van der Waals surface area contributed by atoms with Crippen LogP contribution in [-0.2, 0) is 13.5 Å². The molecule has 0 aliphatic rings. The van der Waals surface area contributed by atoms with Crippen molar-refractivity contribution in [1.82, 2.24) is 14.8 Å². The molecular formula is C11H14N4O2S. The van der Waals surface area contributed by atoms with Crippen LogP contribution in [-0.4, -0.2) is 34.2 Å². The summed E-state index contributed by atoms with van der Waals surface area (Å²) in [5, 5.41) is 6.60. The number of carbonyl (C=O) groups excluding carboxylic acids is 1. The predicted molar refractivity (Wildman–Crippen MR) is 68.1 cm³/mol. The summed E-state index contributed by atoms with van der Waals surface area (Å²) in [6.45, 7) is 0.524. The number of nitrogens with zero attached hydrogens (tertiary/aromatic N) is 3. The van der Waals surface area contributed by atoms with Crippen LogP contribution in [0.2, 0.25) is 0 Å². The first kappa shape index (κ1) is 12.7. The summed E-state index contributed by atoms with van der Waals surface area (Å²) >= 11 is 1.44. The van der Waals surface area contributed by atoms with Gasteiger partial charge in [0.25, 0.3) is 0 Å². The van der Waals surface area contributed by atoms with Crippen LogP contribution in [0.15, 0.2) is 11.6 Å². The van der Waals surface area contributed by atoms with Crippen LogP contribution < -0.4 is 10.5 Å². The number of aromatic nitrogens is 3. The van der Waals surface area contributed by atoms with E-state index in [-0.39, 0.29) is 5.78 Å². The lowest BCUT2D eigenvalue weighted by molar-refractivity contribution is 0.102. The standard InChI is InChI=1S/C11H14N4O2S/c1-15-10(8(17-2)5-13-15)11(16)7-6-18-9(14-7)3-4-12/h5-6H,3-4,12H2,1-2H3. The van der Waals surface area contributed by atoms with Crippen LogP contribution in [0.5, 0.6) is 5.75 Å². The minimum Gasteiger partial charge on any atom is -0.493 e. The van der Waals surface area contributed by atoms with Crippen molar-refractivity contribution in [3.05, 3.63) is 28.0 Å². The van der Waals surface area contributed by atoms with Gasteiger partial charge >= 0.3 is 0 Å². The first-order valence-electron chi connectivity index (χ1n) is 5.42. The minimum atomic E-state index is -0.189. The highest BCUT2D eigenvalue weighted by Gasteiger charge is 2.21. The maximum absolute atomic E-state index is 12.3. The van der Waals surface area contributed by atoms with E-state index in [1.54, 1.807) is 12.4 Å². The molecule has 0 spiro atoms. The molecule has 2 aromatic heterocycles. The fourth-order valence-electron chi connectivity index (χ4n) is 1.60. The molecule has 18 heavy (non-hydrogen) atoms. The molecule has 0 radical (unpaired) electrons. The normalized spacial score (nSPS) is 10.6. The molecule has 0 aliphatic heterocycles. The third-order valence-electron chi connectivity index (χ3n) is 2.48. The second-order valence-corrected chi connectivity index (χ2v) is 4.62. The lowest BCUT2D eigenvalue weighted by atomic mass is 10.2. The van der Waals surface area contributed by atoms with E-state index in [0.29, 0.717) is 30.1 Å². The Labute approximate surface area is 108 Å². The first-order chi connectivity index (χ1) is 8.67. The Balaban J connectivity index is 2.32. The number of ether oxygens (including phenoxy) is 1. The van der Waals surface area contributed by atoms with Crippen LogP contribution in [0.25, 0.3) is 0 Å². The van der Waals surface area contributed by atoms with Crippen molar-refractivity contribution in [1.29, 1.82) is 0 Å². The van der Waals surface area contributed by atoms with Crippen LogP contribution in [0, 0.1) is 0 Å². The summed E-state index contributed by atoms with van der Waals surface area (Å²) in [6, 6.07) is 0. The number of nitrogens with two attached hydrogens (primary N) is 1. The highest BCUT2D eigenvalue weighted by molar-refractivity contribution is 7.09. The van der Waals surface area contributed by atoms with Crippen molar-refractivity contribution in [3.8, 4) is 5.75 Å². The Bertz CT molecular complexity index is 561. The van der Waals surface area contributed by atoms with Crippen molar-refractivity contribution in [2.24, 2.45) is 12.8 Å². The molecule has 96 valence electrons. The number of carbonyl (C=O) groups is 1. The number of thiazole rings is 1. The maximum atomic E-state index is 12.3. The minimum absolute atomic E-state index is 0.189. The van der Waals surface area contributed by atoms with Gasteiger partial charge in [-0.2, -0.15) is 5.10 Å². The average Bonchev–Trinajstić information content (AvgIpc) is 2.95. The van der Waals surface area contributed by atoms with E-state index < -0.39 is 0 Å². The summed E-state index contributed by atoms with van der Waals surface area (Å²) in [5.74, 6) is 0.266. The molecular weight excluding hydrogens is 252 g/mol. The largest absolute Gasteiger partial charge is 0.493 e. The van der Waals surface area contributed by atoms with Crippen LogP contribution in [0.1, 0.15) is 21.2 Å². The zero-order valence-electron chi connectivity index (χ0n) is 10.2. The average molecular weight is 266 g/mol. The third kappa shape index (κ3) is 2.27. The Morgan fingerprint density at radius 3 is 3.06 bits per heavy atom. The molecule has 0 fully saturated rings. The van der Waals surface area contributed by atoms with E-state index >= 15 is 0 Å². The zero-order chi connectivity index (χ0) is 13.1. The van der Waals surface area contributed by atoms with Gasteiger partial charge in [-0.15, -0.1) is 11.3 Å². The van der Waals surface area contributed by atoms with E-state index in [1.807, 2.05) is 0 Å². The fourth-order valence-corrected chi connectivity index (χ4v) is 2.39. The Morgan fingerprint density at radius 2 is 2.39 bits per heavy atom. The van der Waals surface area contributed by atoms with Crippen molar-refractivity contribution >= 4 is 17.1 Å². The summed E-state index contributed by atoms with van der Waals surface area (Å²) in [4.78, 5) is 16.6. The molecule has 2 N–H and O–H groups in total. The van der Waals surface area contributed by atoms with Crippen molar-refractivity contribution in [2.45, 2.75) is 6.42 Å². The van der Waals surface area contributed by atoms with Crippen molar-refractivity contribution < 1.29 is 9.53 Å². The third-order valence-corrected chi connectivity index (χ3v) is 3.39. The predicted octanol–water partition coefficient (Wildman–Crippen LogP) is 0.617. The summed E-state index contributed by atoms with van der Waals surface area (Å²) < 4.78 is 6.60. The molecule has 2 aromatic rings. The highest BCUT2D eigenvalue weighted by atomic mass is 32.1. The van der Waals surface area contributed by atoms with E-state index in [9.17, 15) is 4.79 Å². The van der Waals surface area contributed by atoms with Gasteiger partial charge in [0.15, 0.2) is 11.4 Å². The first-order valence-corrected chi connectivity index (χ1v) is 6.30. The fraction of sp³-hybridized carbons (Fsp3) is 0.364. The number of ketones is 1. The van der Waals surface area contributed by atoms with Gasteiger partial charge in [0, 0.05) is 18.8 Å². The monoisotopic (exact) mass is 266 g/mol. The van der Waals surface area contributed by atoms with Gasteiger partial charge in [-0.25, -0.2) is 4.98 Å². The number of hydrogen-bond acceptors (Lipinski definition) is 6. The van der Waals surface area contributed by atoms with Gasteiger partial charge in [0.05, 0.1) is 18.3 Å². The van der Waals surface area contributed by atoms with E-state index in [0.717, 1.165) is 5.01 Å². The van der Waals surface area contributed by atoms with Gasteiger partial charge in [0.2, 0.25) is 5.78 Å². The molecule has 0 saturated heterocycles. The SMILES string of the molecule is COc1cnn(C)c1C(=O)c1csc(CCN)n1. The smallest absolute Gasteiger partial charge is 0.234 e. The van der Waals surface area contributed by atoms with Crippen molar-refractivity contribution in [3.63, 3.8) is 0 Å². The van der Waals surface area contributed by atoms with E-state index in [2.05, 4.69) is 10.1 Å². The highest BCUT2D eigenvalue weighted by Crippen LogP contribution is 2.21. The summed E-state index contributed by atoms with van der Waals surface area (Å²) in [6.07, 6.45) is 2.20. The molecule has 2 heterocycles. The van der Waals surface area contributed by atoms with Crippen LogP contribution >= 0.6 is 11.3 Å².